The van der Waals surface area contributed by atoms with Gasteiger partial charge in [-0.2, -0.15) is 0 Å². The van der Waals surface area contributed by atoms with Gasteiger partial charge in [-0.25, -0.2) is 13.4 Å². The Balaban J connectivity index is 1.88. The predicted octanol–water partition coefficient (Wildman–Crippen LogP) is 3.22. The van der Waals surface area contributed by atoms with Gasteiger partial charge in [0.15, 0.2) is 5.76 Å². The van der Waals surface area contributed by atoms with Crippen LogP contribution in [-0.2, 0) is 10.0 Å². The summed E-state index contributed by atoms with van der Waals surface area (Å²) in [4.78, 5) is 4.71. The number of nitrogens with zero attached hydrogens (tertiary/aromatic N) is 2. The van der Waals surface area contributed by atoms with Crippen LogP contribution in [0.1, 0.15) is 11.3 Å². The lowest BCUT2D eigenvalue weighted by Crippen LogP contribution is -2.12. The molecule has 0 saturated carbocycles. The Morgan fingerprint density at radius 3 is 2.68 bits per heavy atom. The molecule has 0 fully saturated rings. The normalized spacial score (nSPS) is 11.5. The van der Waals surface area contributed by atoms with Crippen molar-refractivity contribution in [3.05, 3.63) is 47.8 Å². The Morgan fingerprint density at radius 1 is 1.18 bits per heavy atom. The lowest BCUT2D eigenvalue weighted by molar-refractivity contribution is 0.428. The fourth-order valence-corrected chi connectivity index (χ4v) is 4.11. The molecule has 0 amide bonds. The lowest BCUT2D eigenvalue weighted by atomic mass is 10.3. The quantitative estimate of drug-likeness (QED) is 0.791. The molecule has 3 aromatic heterocycles. The maximum absolute atomic E-state index is 12.4. The molecule has 0 bridgehead atoms. The molecule has 1 N–H and O–H groups in total. The van der Waals surface area contributed by atoms with Crippen LogP contribution >= 0.6 is 11.3 Å². The van der Waals surface area contributed by atoms with Gasteiger partial charge in [-0.3, -0.25) is 4.72 Å². The van der Waals surface area contributed by atoms with Gasteiger partial charge in [0.2, 0.25) is 0 Å². The van der Waals surface area contributed by atoms with Gasteiger partial charge in [-0.1, -0.05) is 5.16 Å². The Hall–Kier alpha value is -2.19. The van der Waals surface area contributed by atoms with Crippen LogP contribution in [0.15, 0.2) is 45.3 Å². The summed E-state index contributed by atoms with van der Waals surface area (Å²) in [6.07, 6.45) is 1.56. The molecule has 3 heterocycles. The first-order valence-electron chi connectivity index (χ1n) is 6.43. The summed E-state index contributed by atoms with van der Waals surface area (Å²) >= 11 is 1.12. The molecule has 0 aliphatic rings. The van der Waals surface area contributed by atoms with Crippen LogP contribution in [0.25, 0.3) is 10.6 Å². The van der Waals surface area contributed by atoms with Crippen molar-refractivity contribution in [2.24, 2.45) is 0 Å². The summed E-state index contributed by atoms with van der Waals surface area (Å²) in [6, 6.07) is 8.47. The minimum absolute atomic E-state index is 0.194. The number of aryl methyl sites for hydroxylation is 2. The average Bonchev–Trinajstić information content (AvgIpc) is 3.06. The van der Waals surface area contributed by atoms with E-state index in [0.717, 1.165) is 22.6 Å². The molecule has 0 radical (unpaired) electrons. The topological polar surface area (TPSA) is 85.1 Å². The van der Waals surface area contributed by atoms with Crippen molar-refractivity contribution in [3.63, 3.8) is 0 Å². The van der Waals surface area contributed by atoms with Crippen molar-refractivity contribution in [2.45, 2.75) is 18.1 Å². The summed E-state index contributed by atoms with van der Waals surface area (Å²) in [5.41, 5.74) is 1.67. The fraction of sp³-hybridized carbons (Fsp3) is 0.143. The number of hydrogen-bond donors (Lipinski definition) is 1. The van der Waals surface area contributed by atoms with Crippen molar-refractivity contribution >= 4 is 27.2 Å². The zero-order chi connectivity index (χ0) is 15.7. The van der Waals surface area contributed by atoms with Gasteiger partial charge in [0.25, 0.3) is 10.0 Å². The lowest BCUT2D eigenvalue weighted by Gasteiger charge is -2.05. The number of anilines is 1. The fourth-order valence-electron chi connectivity index (χ4n) is 1.86. The van der Waals surface area contributed by atoms with E-state index >= 15 is 0 Å². The zero-order valence-electron chi connectivity index (χ0n) is 11.9. The molecule has 0 atom stereocenters. The molecule has 0 spiro atoms. The van der Waals surface area contributed by atoms with E-state index in [0.29, 0.717) is 16.5 Å². The van der Waals surface area contributed by atoms with E-state index in [4.69, 9.17) is 4.52 Å². The van der Waals surface area contributed by atoms with Gasteiger partial charge in [0.05, 0.1) is 10.6 Å². The standard InChI is InChI=1S/C14H13N3O3S2/c1-9-5-6-15-13(7-9)17-22(18,19)14-4-3-12(21-14)11-8-10(2)16-20-11/h3-8H,1-2H3,(H,15,17). The molecular formula is C14H13N3O3S2. The molecule has 114 valence electrons. The van der Waals surface area contributed by atoms with E-state index in [1.54, 1.807) is 30.5 Å². The highest BCUT2D eigenvalue weighted by molar-refractivity contribution is 7.94. The number of pyridine rings is 1. The SMILES string of the molecule is Cc1ccnc(NS(=O)(=O)c2ccc(-c3cc(C)no3)s2)c1. The first-order valence-corrected chi connectivity index (χ1v) is 8.73. The summed E-state index contributed by atoms with van der Waals surface area (Å²) in [7, 11) is -3.67. The Kier molecular flexibility index (Phi) is 3.71. The second-order valence-corrected chi connectivity index (χ2v) is 7.77. The molecule has 0 aromatic carbocycles. The smallest absolute Gasteiger partial charge is 0.272 e. The minimum atomic E-state index is -3.67. The van der Waals surface area contributed by atoms with E-state index in [1.165, 1.54) is 6.07 Å². The number of nitrogens with one attached hydrogen (secondary N) is 1. The molecule has 0 aliphatic carbocycles. The monoisotopic (exact) mass is 335 g/mol. The number of aromatic nitrogens is 2. The van der Waals surface area contributed by atoms with Gasteiger partial charge in [-0.05, 0) is 43.7 Å². The van der Waals surface area contributed by atoms with Crippen LogP contribution in [0.5, 0.6) is 0 Å². The van der Waals surface area contributed by atoms with E-state index < -0.39 is 10.0 Å². The summed E-state index contributed by atoms with van der Waals surface area (Å²) in [6.45, 7) is 3.68. The van der Waals surface area contributed by atoms with Crippen LogP contribution in [0.4, 0.5) is 5.82 Å². The molecular weight excluding hydrogens is 322 g/mol. The summed E-state index contributed by atoms with van der Waals surface area (Å²) in [5.74, 6) is 0.850. The Morgan fingerprint density at radius 2 is 2.00 bits per heavy atom. The maximum atomic E-state index is 12.4. The van der Waals surface area contributed by atoms with E-state index in [9.17, 15) is 8.42 Å². The van der Waals surface area contributed by atoms with Crippen LogP contribution in [0.3, 0.4) is 0 Å². The number of rotatable bonds is 4. The Bertz CT molecular complexity index is 913. The molecule has 3 aromatic rings. The van der Waals surface area contributed by atoms with E-state index in [-0.39, 0.29) is 4.21 Å². The Labute approximate surface area is 131 Å². The van der Waals surface area contributed by atoms with Crippen molar-refractivity contribution in [1.82, 2.24) is 10.1 Å². The average molecular weight is 335 g/mol. The van der Waals surface area contributed by atoms with Crippen molar-refractivity contribution in [3.8, 4) is 10.6 Å². The maximum Gasteiger partial charge on any atom is 0.272 e. The zero-order valence-corrected chi connectivity index (χ0v) is 13.5. The van der Waals surface area contributed by atoms with Gasteiger partial charge in [0, 0.05) is 12.3 Å². The van der Waals surface area contributed by atoms with Gasteiger partial charge >= 0.3 is 0 Å². The van der Waals surface area contributed by atoms with Crippen LogP contribution in [0, 0.1) is 13.8 Å². The molecule has 6 nitrogen and oxygen atoms in total. The molecule has 0 saturated heterocycles. The summed E-state index contributed by atoms with van der Waals surface area (Å²) < 4.78 is 32.6. The van der Waals surface area contributed by atoms with Gasteiger partial charge < -0.3 is 4.52 Å². The number of thiophene rings is 1. The van der Waals surface area contributed by atoms with Crippen LogP contribution < -0.4 is 4.72 Å². The second kappa shape index (κ2) is 5.54. The van der Waals surface area contributed by atoms with Crippen LogP contribution in [0.2, 0.25) is 0 Å². The van der Waals surface area contributed by atoms with Crippen LogP contribution in [-0.4, -0.2) is 18.6 Å². The number of sulfonamides is 1. The van der Waals surface area contributed by atoms with Gasteiger partial charge in [0.1, 0.15) is 10.0 Å². The third-order valence-electron chi connectivity index (χ3n) is 2.87. The largest absolute Gasteiger partial charge is 0.355 e. The molecule has 0 unspecified atom stereocenters. The first-order chi connectivity index (χ1) is 10.4. The molecule has 3 rings (SSSR count). The highest BCUT2D eigenvalue weighted by Gasteiger charge is 2.19. The molecule has 0 aliphatic heterocycles. The number of hydrogen-bond acceptors (Lipinski definition) is 6. The molecule has 8 heteroatoms. The van der Waals surface area contributed by atoms with Gasteiger partial charge in [-0.15, -0.1) is 11.3 Å². The van der Waals surface area contributed by atoms with E-state index in [1.807, 2.05) is 13.8 Å². The third-order valence-corrected chi connectivity index (χ3v) is 5.82. The van der Waals surface area contributed by atoms with Crippen molar-refractivity contribution in [2.75, 3.05) is 4.72 Å². The van der Waals surface area contributed by atoms with E-state index in [2.05, 4.69) is 14.9 Å². The minimum Gasteiger partial charge on any atom is -0.355 e. The second-order valence-electron chi connectivity index (χ2n) is 4.78. The summed E-state index contributed by atoms with van der Waals surface area (Å²) in [5, 5.41) is 3.80. The first kappa shape index (κ1) is 14.7. The van der Waals surface area contributed by atoms with Crippen molar-refractivity contribution in [1.29, 1.82) is 0 Å². The highest BCUT2D eigenvalue weighted by atomic mass is 32.2. The third kappa shape index (κ3) is 3.02. The predicted molar refractivity (Wildman–Crippen MR) is 84.3 cm³/mol. The molecule has 22 heavy (non-hydrogen) atoms. The van der Waals surface area contributed by atoms with Crippen molar-refractivity contribution < 1.29 is 12.9 Å². The highest BCUT2D eigenvalue weighted by Crippen LogP contribution is 2.31.